The average Bonchev–Trinajstić information content (AvgIpc) is 2.80. The standard InChI is InChI=1S/C22H24N2O5S/c1-27-18-11-9-17(10-12-18)23-16-24(30(25,26)20-7-5-4-6-8-20)21-15-19(28-2)13-14-22(21)29-3/h4-15,23H,16H2,1-3H3. The molecule has 7 nitrogen and oxygen atoms in total. The summed E-state index contributed by atoms with van der Waals surface area (Å²) in [5, 5.41) is 3.15. The van der Waals surface area contributed by atoms with Gasteiger partial charge in [0.1, 0.15) is 23.9 Å². The molecule has 0 amide bonds. The zero-order valence-electron chi connectivity index (χ0n) is 17.0. The quantitative estimate of drug-likeness (QED) is 0.520. The van der Waals surface area contributed by atoms with Crippen molar-refractivity contribution in [2.24, 2.45) is 0 Å². The first-order chi connectivity index (χ1) is 14.5. The van der Waals surface area contributed by atoms with Crippen LogP contribution in [0.4, 0.5) is 11.4 Å². The Labute approximate surface area is 176 Å². The zero-order valence-corrected chi connectivity index (χ0v) is 17.8. The van der Waals surface area contributed by atoms with E-state index in [-0.39, 0.29) is 11.6 Å². The van der Waals surface area contributed by atoms with Crippen LogP contribution in [0.15, 0.2) is 77.7 Å². The fourth-order valence-corrected chi connectivity index (χ4v) is 4.27. The van der Waals surface area contributed by atoms with Gasteiger partial charge in [0.2, 0.25) is 0 Å². The molecule has 0 spiro atoms. The smallest absolute Gasteiger partial charge is 0.265 e. The van der Waals surface area contributed by atoms with Crippen LogP contribution in [-0.4, -0.2) is 36.4 Å². The fraction of sp³-hybridized carbons (Fsp3) is 0.182. The molecule has 0 aliphatic rings. The van der Waals surface area contributed by atoms with Crippen LogP contribution in [0.3, 0.4) is 0 Å². The summed E-state index contributed by atoms with van der Waals surface area (Å²) in [4.78, 5) is 0.173. The van der Waals surface area contributed by atoms with Gasteiger partial charge in [0, 0.05) is 11.8 Å². The summed E-state index contributed by atoms with van der Waals surface area (Å²) in [6.07, 6.45) is 0. The van der Waals surface area contributed by atoms with Gasteiger partial charge >= 0.3 is 0 Å². The van der Waals surface area contributed by atoms with Gasteiger partial charge in [0.25, 0.3) is 10.0 Å². The Kier molecular flexibility index (Phi) is 6.68. The van der Waals surface area contributed by atoms with Crippen molar-refractivity contribution in [3.05, 3.63) is 72.8 Å². The van der Waals surface area contributed by atoms with Crippen molar-refractivity contribution in [1.29, 1.82) is 0 Å². The lowest BCUT2D eigenvalue weighted by molar-refractivity contribution is 0.404. The molecular formula is C22H24N2O5S. The van der Waals surface area contributed by atoms with Crippen LogP contribution in [-0.2, 0) is 10.0 Å². The predicted molar refractivity (Wildman–Crippen MR) is 117 cm³/mol. The van der Waals surface area contributed by atoms with Crippen LogP contribution in [0.5, 0.6) is 17.2 Å². The largest absolute Gasteiger partial charge is 0.497 e. The first kappa shape index (κ1) is 21.3. The molecule has 0 atom stereocenters. The van der Waals surface area contributed by atoms with Gasteiger partial charge in [0.05, 0.1) is 31.9 Å². The lowest BCUT2D eigenvalue weighted by atomic mass is 10.2. The molecule has 0 radical (unpaired) electrons. The monoisotopic (exact) mass is 428 g/mol. The average molecular weight is 429 g/mol. The molecule has 0 aromatic heterocycles. The highest BCUT2D eigenvalue weighted by molar-refractivity contribution is 7.92. The first-order valence-electron chi connectivity index (χ1n) is 9.17. The van der Waals surface area contributed by atoms with Gasteiger partial charge in [-0.1, -0.05) is 18.2 Å². The number of hydrogen-bond donors (Lipinski definition) is 1. The number of methoxy groups -OCH3 is 3. The van der Waals surface area contributed by atoms with Gasteiger partial charge in [-0.3, -0.25) is 0 Å². The van der Waals surface area contributed by atoms with Gasteiger partial charge in [-0.25, -0.2) is 12.7 Å². The summed E-state index contributed by atoms with van der Waals surface area (Å²) in [5.74, 6) is 1.64. The highest BCUT2D eigenvalue weighted by Crippen LogP contribution is 2.35. The summed E-state index contributed by atoms with van der Waals surface area (Å²) in [5.41, 5.74) is 1.10. The second-order valence-corrected chi connectivity index (χ2v) is 8.13. The number of ether oxygens (including phenoxy) is 3. The summed E-state index contributed by atoms with van der Waals surface area (Å²) >= 11 is 0. The van der Waals surface area contributed by atoms with E-state index in [4.69, 9.17) is 14.2 Å². The van der Waals surface area contributed by atoms with Crippen molar-refractivity contribution >= 4 is 21.4 Å². The number of rotatable bonds is 9. The van der Waals surface area contributed by atoms with Gasteiger partial charge in [-0.05, 0) is 48.5 Å². The van der Waals surface area contributed by atoms with Crippen molar-refractivity contribution < 1.29 is 22.6 Å². The van der Waals surface area contributed by atoms with E-state index in [9.17, 15) is 8.42 Å². The van der Waals surface area contributed by atoms with E-state index in [1.165, 1.54) is 18.5 Å². The fourth-order valence-electron chi connectivity index (χ4n) is 2.88. The Morgan fingerprint density at radius 1 is 0.800 bits per heavy atom. The van der Waals surface area contributed by atoms with Crippen LogP contribution in [0.1, 0.15) is 0 Å². The van der Waals surface area contributed by atoms with Crippen molar-refractivity contribution in [2.75, 3.05) is 37.6 Å². The Morgan fingerprint density at radius 3 is 2.03 bits per heavy atom. The summed E-state index contributed by atoms with van der Waals surface area (Å²) < 4.78 is 44.1. The van der Waals surface area contributed by atoms with Gasteiger partial charge in [-0.15, -0.1) is 0 Å². The highest BCUT2D eigenvalue weighted by Gasteiger charge is 2.27. The minimum atomic E-state index is -3.88. The number of nitrogens with one attached hydrogen (secondary N) is 1. The molecule has 0 aliphatic carbocycles. The first-order valence-corrected chi connectivity index (χ1v) is 10.6. The van der Waals surface area contributed by atoms with Crippen LogP contribution in [0, 0.1) is 0 Å². The molecule has 30 heavy (non-hydrogen) atoms. The summed E-state index contributed by atoms with van der Waals surface area (Å²) in [7, 11) is 0.725. The Balaban J connectivity index is 2.02. The Hall–Kier alpha value is -3.39. The predicted octanol–water partition coefficient (Wildman–Crippen LogP) is 3.98. The van der Waals surface area contributed by atoms with Crippen LogP contribution in [0.2, 0.25) is 0 Å². The van der Waals surface area contributed by atoms with Crippen molar-refractivity contribution in [1.82, 2.24) is 0 Å². The van der Waals surface area contributed by atoms with Gasteiger partial charge in [0.15, 0.2) is 0 Å². The molecule has 0 fully saturated rings. The molecule has 8 heteroatoms. The Bertz CT molecular complexity index is 1070. The third kappa shape index (κ3) is 4.60. The highest BCUT2D eigenvalue weighted by atomic mass is 32.2. The third-order valence-corrected chi connectivity index (χ3v) is 6.28. The van der Waals surface area contributed by atoms with Gasteiger partial charge in [-0.2, -0.15) is 0 Å². The lowest BCUT2D eigenvalue weighted by Crippen LogP contribution is -2.35. The molecule has 0 unspecified atom stereocenters. The number of hydrogen-bond acceptors (Lipinski definition) is 6. The number of benzene rings is 3. The molecule has 3 aromatic rings. The molecule has 0 saturated heterocycles. The molecule has 3 aromatic carbocycles. The molecule has 0 bridgehead atoms. The van der Waals surface area contributed by atoms with E-state index in [0.717, 1.165) is 5.69 Å². The maximum absolute atomic E-state index is 13.5. The van der Waals surface area contributed by atoms with E-state index in [2.05, 4.69) is 5.32 Å². The molecule has 0 heterocycles. The maximum Gasteiger partial charge on any atom is 0.265 e. The summed E-state index contributed by atoms with van der Waals surface area (Å²) in [6, 6.07) is 20.5. The van der Waals surface area contributed by atoms with E-state index in [1.807, 2.05) is 12.1 Å². The molecule has 0 aliphatic heterocycles. The maximum atomic E-state index is 13.5. The van der Waals surface area contributed by atoms with Crippen LogP contribution in [0.25, 0.3) is 0 Å². The van der Waals surface area contributed by atoms with E-state index in [1.54, 1.807) is 67.8 Å². The molecule has 0 saturated carbocycles. The summed E-state index contributed by atoms with van der Waals surface area (Å²) in [6.45, 7) is -0.0207. The van der Waals surface area contributed by atoms with E-state index < -0.39 is 10.0 Å². The van der Waals surface area contributed by atoms with Gasteiger partial charge < -0.3 is 19.5 Å². The zero-order chi connectivity index (χ0) is 21.6. The molecule has 3 rings (SSSR count). The van der Waals surface area contributed by atoms with E-state index >= 15 is 0 Å². The van der Waals surface area contributed by atoms with Crippen molar-refractivity contribution in [3.63, 3.8) is 0 Å². The SMILES string of the molecule is COc1ccc(NCN(c2cc(OC)ccc2OC)S(=O)(=O)c2ccccc2)cc1. The molecule has 1 N–H and O–H groups in total. The van der Waals surface area contributed by atoms with E-state index in [0.29, 0.717) is 22.9 Å². The van der Waals surface area contributed by atoms with Crippen LogP contribution >= 0.6 is 0 Å². The minimum Gasteiger partial charge on any atom is -0.497 e. The van der Waals surface area contributed by atoms with Crippen molar-refractivity contribution in [3.8, 4) is 17.2 Å². The minimum absolute atomic E-state index is 0.0207. The van der Waals surface area contributed by atoms with Crippen LogP contribution < -0.4 is 23.8 Å². The Morgan fingerprint density at radius 2 is 1.43 bits per heavy atom. The molecular weight excluding hydrogens is 404 g/mol. The number of nitrogens with zero attached hydrogens (tertiary/aromatic N) is 1. The lowest BCUT2D eigenvalue weighted by Gasteiger charge is -2.27. The number of anilines is 2. The number of sulfonamides is 1. The second-order valence-electron chi connectivity index (χ2n) is 6.27. The van der Waals surface area contributed by atoms with Crippen molar-refractivity contribution in [2.45, 2.75) is 4.90 Å². The topological polar surface area (TPSA) is 77.1 Å². The molecule has 158 valence electrons. The second kappa shape index (κ2) is 9.41. The normalized spacial score (nSPS) is 10.9. The third-order valence-electron chi connectivity index (χ3n) is 4.50.